The number of benzene rings is 2. The van der Waals surface area contributed by atoms with Gasteiger partial charge in [-0.1, -0.05) is 12.1 Å². The summed E-state index contributed by atoms with van der Waals surface area (Å²) < 4.78 is 24.6. The number of nitrogens with one attached hydrogen (secondary N) is 1. The Morgan fingerprint density at radius 2 is 2.17 bits per heavy atom. The third kappa shape index (κ3) is 2.62. The number of methoxy groups -OCH3 is 1. The number of anilines is 1. The quantitative estimate of drug-likeness (QED) is 0.796. The van der Waals surface area contributed by atoms with Crippen LogP contribution in [0, 0.1) is 5.82 Å². The van der Waals surface area contributed by atoms with Crippen LogP contribution in [-0.4, -0.2) is 24.7 Å². The van der Waals surface area contributed by atoms with E-state index in [-0.39, 0.29) is 11.9 Å². The first-order chi connectivity index (χ1) is 11.7. The number of para-hydroxylation sites is 1. The van der Waals surface area contributed by atoms with Gasteiger partial charge in [0.15, 0.2) is 11.5 Å². The zero-order valence-corrected chi connectivity index (χ0v) is 13.3. The average Bonchev–Trinajstić information content (AvgIpc) is 2.61. The molecule has 4 rings (SSSR count). The van der Waals surface area contributed by atoms with Crippen molar-refractivity contribution in [3.05, 3.63) is 60.0 Å². The van der Waals surface area contributed by atoms with Crippen LogP contribution in [0.25, 0.3) is 10.9 Å². The predicted molar refractivity (Wildman–Crippen MR) is 91.3 cm³/mol. The van der Waals surface area contributed by atoms with Crippen molar-refractivity contribution in [3.63, 3.8) is 0 Å². The van der Waals surface area contributed by atoms with Gasteiger partial charge in [0.2, 0.25) is 0 Å². The van der Waals surface area contributed by atoms with Gasteiger partial charge in [-0.15, -0.1) is 0 Å². The SMILES string of the molecule is COc1cccc2c1OCC(Nc1ccnc3cc(F)ccc13)C2. The number of pyridine rings is 1. The fourth-order valence-electron chi connectivity index (χ4n) is 3.11. The fourth-order valence-corrected chi connectivity index (χ4v) is 3.11. The highest BCUT2D eigenvalue weighted by atomic mass is 19.1. The second kappa shape index (κ2) is 6.00. The maximum atomic E-state index is 13.4. The molecule has 0 amide bonds. The largest absolute Gasteiger partial charge is 0.493 e. The normalized spacial score (nSPS) is 16.3. The maximum Gasteiger partial charge on any atom is 0.164 e. The van der Waals surface area contributed by atoms with Crippen LogP contribution in [0.5, 0.6) is 11.5 Å². The van der Waals surface area contributed by atoms with Crippen molar-refractivity contribution in [1.82, 2.24) is 4.98 Å². The number of aromatic nitrogens is 1. The Hall–Kier alpha value is -2.82. The zero-order chi connectivity index (χ0) is 16.5. The molecule has 0 aliphatic carbocycles. The summed E-state index contributed by atoms with van der Waals surface area (Å²) in [7, 11) is 1.64. The lowest BCUT2D eigenvalue weighted by Crippen LogP contribution is -2.33. The van der Waals surface area contributed by atoms with E-state index in [2.05, 4.69) is 10.3 Å². The summed E-state index contributed by atoms with van der Waals surface area (Å²) >= 11 is 0. The molecule has 0 radical (unpaired) electrons. The summed E-state index contributed by atoms with van der Waals surface area (Å²) in [6.07, 6.45) is 2.52. The Morgan fingerprint density at radius 1 is 1.25 bits per heavy atom. The number of hydrogen-bond donors (Lipinski definition) is 1. The lowest BCUT2D eigenvalue weighted by atomic mass is 10.0. The topological polar surface area (TPSA) is 43.4 Å². The maximum absolute atomic E-state index is 13.4. The first-order valence-corrected chi connectivity index (χ1v) is 7.84. The summed E-state index contributed by atoms with van der Waals surface area (Å²) in [5.41, 5.74) is 2.68. The molecule has 0 saturated heterocycles. The van der Waals surface area contributed by atoms with Crippen molar-refractivity contribution in [2.45, 2.75) is 12.5 Å². The van der Waals surface area contributed by atoms with Crippen molar-refractivity contribution < 1.29 is 13.9 Å². The van der Waals surface area contributed by atoms with Gasteiger partial charge in [-0.05, 0) is 30.7 Å². The van der Waals surface area contributed by atoms with Gasteiger partial charge in [-0.2, -0.15) is 0 Å². The number of hydrogen-bond acceptors (Lipinski definition) is 4. The van der Waals surface area contributed by atoms with Crippen molar-refractivity contribution >= 4 is 16.6 Å². The Kier molecular flexibility index (Phi) is 3.69. The van der Waals surface area contributed by atoms with Crippen LogP contribution in [0.1, 0.15) is 5.56 Å². The molecule has 3 aromatic rings. The van der Waals surface area contributed by atoms with E-state index in [1.165, 1.54) is 12.1 Å². The first kappa shape index (κ1) is 14.8. The summed E-state index contributed by atoms with van der Waals surface area (Å²) in [4.78, 5) is 4.23. The highest BCUT2D eigenvalue weighted by Crippen LogP contribution is 2.35. The summed E-state index contributed by atoms with van der Waals surface area (Å²) in [6, 6.07) is 12.6. The molecule has 1 aliphatic heterocycles. The Balaban J connectivity index is 1.61. The van der Waals surface area contributed by atoms with Gasteiger partial charge in [-0.25, -0.2) is 4.39 Å². The second-order valence-corrected chi connectivity index (χ2v) is 5.82. The minimum atomic E-state index is -0.283. The van der Waals surface area contributed by atoms with E-state index in [1.54, 1.807) is 19.4 Å². The Labute approximate surface area is 139 Å². The number of nitrogens with zero attached hydrogens (tertiary/aromatic N) is 1. The summed E-state index contributed by atoms with van der Waals surface area (Å²) in [5, 5.41) is 4.39. The Bertz CT molecular complexity index is 898. The minimum absolute atomic E-state index is 0.125. The molecule has 1 aliphatic rings. The number of ether oxygens (including phenoxy) is 2. The van der Waals surface area contributed by atoms with Gasteiger partial charge in [-0.3, -0.25) is 4.98 Å². The van der Waals surface area contributed by atoms with E-state index in [0.29, 0.717) is 12.1 Å². The van der Waals surface area contributed by atoms with Gasteiger partial charge >= 0.3 is 0 Å². The minimum Gasteiger partial charge on any atom is -0.493 e. The van der Waals surface area contributed by atoms with Gasteiger partial charge in [0.25, 0.3) is 0 Å². The van der Waals surface area contributed by atoms with E-state index in [9.17, 15) is 4.39 Å². The van der Waals surface area contributed by atoms with E-state index in [4.69, 9.17) is 9.47 Å². The molecule has 1 unspecified atom stereocenters. The fraction of sp³-hybridized carbons (Fsp3) is 0.211. The standard InChI is InChI=1S/C19H17FN2O2/c1-23-18-4-2-3-12-9-14(11-24-19(12)18)22-16-7-8-21-17-10-13(20)5-6-15(16)17/h2-8,10,14H,9,11H2,1H3,(H,21,22). The molecule has 0 fully saturated rings. The van der Waals surface area contributed by atoms with Gasteiger partial charge in [0.05, 0.1) is 18.7 Å². The summed E-state index contributed by atoms with van der Waals surface area (Å²) in [6.45, 7) is 0.540. The highest BCUT2D eigenvalue weighted by Gasteiger charge is 2.23. The van der Waals surface area contributed by atoms with Crippen LogP contribution in [0.2, 0.25) is 0 Å². The number of fused-ring (bicyclic) bond motifs is 2. The lowest BCUT2D eigenvalue weighted by Gasteiger charge is -2.28. The number of halogens is 1. The molecule has 1 atom stereocenters. The van der Waals surface area contributed by atoms with E-state index < -0.39 is 0 Å². The van der Waals surface area contributed by atoms with Gasteiger partial charge in [0, 0.05) is 28.9 Å². The van der Waals surface area contributed by atoms with E-state index >= 15 is 0 Å². The van der Waals surface area contributed by atoms with Crippen LogP contribution in [0.4, 0.5) is 10.1 Å². The molecule has 2 aromatic carbocycles. The van der Waals surface area contributed by atoms with Crippen molar-refractivity contribution in [2.24, 2.45) is 0 Å². The van der Waals surface area contributed by atoms with Crippen LogP contribution in [0.15, 0.2) is 48.7 Å². The predicted octanol–water partition coefficient (Wildman–Crippen LogP) is 3.80. The molecule has 2 heterocycles. The van der Waals surface area contributed by atoms with Crippen molar-refractivity contribution in [3.8, 4) is 11.5 Å². The Morgan fingerprint density at radius 3 is 3.04 bits per heavy atom. The molecule has 1 aromatic heterocycles. The molecule has 24 heavy (non-hydrogen) atoms. The van der Waals surface area contributed by atoms with Gasteiger partial charge in [0.1, 0.15) is 12.4 Å². The molecule has 0 bridgehead atoms. The highest BCUT2D eigenvalue weighted by molar-refractivity contribution is 5.91. The molecule has 5 heteroatoms. The van der Waals surface area contributed by atoms with E-state index in [1.807, 2.05) is 24.3 Å². The van der Waals surface area contributed by atoms with Crippen LogP contribution >= 0.6 is 0 Å². The molecule has 0 saturated carbocycles. The monoisotopic (exact) mass is 324 g/mol. The van der Waals surface area contributed by atoms with Crippen molar-refractivity contribution in [1.29, 1.82) is 0 Å². The molecular formula is C19H17FN2O2. The third-order valence-electron chi connectivity index (χ3n) is 4.24. The van der Waals surface area contributed by atoms with Crippen LogP contribution in [-0.2, 0) is 6.42 Å². The van der Waals surface area contributed by atoms with Crippen LogP contribution < -0.4 is 14.8 Å². The zero-order valence-electron chi connectivity index (χ0n) is 13.3. The van der Waals surface area contributed by atoms with E-state index in [0.717, 1.165) is 34.6 Å². The first-order valence-electron chi connectivity index (χ1n) is 7.84. The second-order valence-electron chi connectivity index (χ2n) is 5.82. The molecule has 0 spiro atoms. The smallest absolute Gasteiger partial charge is 0.164 e. The molecular weight excluding hydrogens is 307 g/mol. The molecule has 122 valence electrons. The van der Waals surface area contributed by atoms with Crippen LogP contribution in [0.3, 0.4) is 0 Å². The van der Waals surface area contributed by atoms with Crippen molar-refractivity contribution in [2.75, 3.05) is 19.0 Å². The number of rotatable bonds is 3. The molecule has 4 nitrogen and oxygen atoms in total. The third-order valence-corrected chi connectivity index (χ3v) is 4.24. The summed E-state index contributed by atoms with van der Waals surface area (Å²) in [5.74, 6) is 1.30. The average molecular weight is 324 g/mol. The lowest BCUT2D eigenvalue weighted by molar-refractivity contribution is 0.256. The molecule has 1 N–H and O–H groups in total. The van der Waals surface area contributed by atoms with Gasteiger partial charge < -0.3 is 14.8 Å².